The Balaban J connectivity index is 1.93. The van der Waals surface area contributed by atoms with Gasteiger partial charge in [-0.05, 0) is 24.0 Å². The lowest BCUT2D eigenvalue weighted by Gasteiger charge is -2.13. The number of allylic oxidation sites excluding steroid dienone is 5. The van der Waals surface area contributed by atoms with Crippen LogP contribution in [-0.4, -0.2) is 26.4 Å². The summed E-state index contributed by atoms with van der Waals surface area (Å²) in [6, 6.07) is 0. The fraction of sp³-hybridized carbons (Fsp3) is 0.444. The number of fused-ring (bicyclic) bond motifs is 1. The van der Waals surface area contributed by atoms with Gasteiger partial charge < -0.3 is 9.47 Å². The van der Waals surface area contributed by atoms with Crippen LogP contribution in [0.1, 0.15) is 13.8 Å². The zero-order valence-corrected chi connectivity index (χ0v) is 12.4. The third kappa shape index (κ3) is 4.62. The minimum atomic E-state index is 0.450. The standard InChI is InChI=1S/C18H24O2/c1-3-4-5-6-9-19-12-16-10-15(2)7-8-17-13-20-14-18(17)11-16/h3-8,10-11,15,17H,9,12-14H2,1-2H3/b4-3+,6-5+,8-7?,16-10+,18-11-/t15-,17-/m1/s1. The van der Waals surface area contributed by atoms with Crippen molar-refractivity contribution in [3.63, 3.8) is 0 Å². The summed E-state index contributed by atoms with van der Waals surface area (Å²) in [6.45, 7) is 7.09. The van der Waals surface area contributed by atoms with Crippen LogP contribution >= 0.6 is 0 Å². The summed E-state index contributed by atoms with van der Waals surface area (Å²) in [5, 5.41) is 0. The number of hydrogen-bond donors (Lipinski definition) is 0. The van der Waals surface area contributed by atoms with E-state index in [1.807, 2.05) is 31.2 Å². The summed E-state index contributed by atoms with van der Waals surface area (Å²) in [6.07, 6.45) is 17.1. The largest absolute Gasteiger partial charge is 0.376 e. The van der Waals surface area contributed by atoms with Gasteiger partial charge in [0.05, 0.1) is 26.4 Å². The van der Waals surface area contributed by atoms with Crippen LogP contribution in [0.5, 0.6) is 0 Å². The first kappa shape index (κ1) is 15.0. The predicted octanol–water partition coefficient (Wildman–Crippen LogP) is 3.84. The van der Waals surface area contributed by atoms with Crippen molar-refractivity contribution < 1.29 is 9.47 Å². The molecule has 0 radical (unpaired) electrons. The van der Waals surface area contributed by atoms with Crippen LogP contribution in [0.2, 0.25) is 0 Å². The molecule has 2 rings (SSSR count). The van der Waals surface area contributed by atoms with E-state index in [-0.39, 0.29) is 0 Å². The molecule has 0 spiro atoms. The lowest BCUT2D eigenvalue weighted by Crippen LogP contribution is -2.05. The van der Waals surface area contributed by atoms with Crippen LogP contribution in [0.15, 0.2) is 59.8 Å². The Morgan fingerprint density at radius 3 is 3.10 bits per heavy atom. The second-order valence-electron chi connectivity index (χ2n) is 5.30. The maximum Gasteiger partial charge on any atom is 0.0718 e. The van der Waals surface area contributed by atoms with Crippen LogP contribution in [0.4, 0.5) is 0 Å². The van der Waals surface area contributed by atoms with Gasteiger partial charge in [0.15, 0.2) is 0 Å². The highest BCUT2D eigenvalue weighted by Crippen LogP contribution is 2.26. The van der Waals surface area contributed by atoms with Crippen molar-refractivity contribution in [3.8, 4) is 0 Å². The Hall–Kier alpha value is -1.38. The van der Waals surface area contributed by atoms with Crippen LogP contribution < -0.4 is 0 Å². The molecule has 1 aliphatic carbocycles. The van der Waals surface area contributed by atoms with E-state index in [0.717, 1.165) is 13.2 Å². The molecule has 0 aromatic heterocycles. The van der Waals surface area contributed by atoms with Crippen LogP contribution in [0.3, 0.4) is 0 Å². The summed E-state index contributed by atoms with van der Waals surface area (Å²) in [7, 11) is 0. The monoisotopic (exact) mass is 272 g/mol. The molecule has 0 unspecified atom stereocenters. The van der Waals surface area contributed by atoms with Crippen LogP contribution in [-0.2, 0) is 9.47 Å². The topological polar surface area (TPSA) is 18.5 Å². The van der Waals surface area contributed by atoms with Crippen LogP contribution in [0.25, 0.3) is 0 Å². The summed E-state index contributed by atoms with van der Waals surface area (Å²) >= 11 is 0. The van der Waals surface area contributed by atoms with E-state index in [1.165, 1.54) is 11.1 Å². The van der Waals surface area contributed by atoms with E-state index in [2.05, 4.69) is 31.2 Å². The van der Waals surface area contributed by atoms with E-state index in [4.69, 9.17) is 9.47 Å². The average Bonchev–Trinajstić information content (AvgIpc) is 2.85. The fourth-order valence-electron chi connectivity index (χ4n) is 2.41. The third-order valence-corrected chi connectivity index (χ3v) is 3.46. The van der Waals surface area contributed by atoms with Gasteiger partial charge in [0, 0.05) is 5.92 Å². The Labute approximate surface area is 122 Å². The van der Waals surface area contributed by atoms with Gasteiger partial charge in [-0.15, -0.1) is 0 Å². The van der Waals surface area contributed by atoms with Crippen molar-refractivity contribution >= 4 is 0 Å². The molecule has 108 valence electrons. The van der Waals surface area contributed by atoms with Crippen molar-refractivity contribution in [2.75, 3.05) is 26.4 Å². The van der Waals surface area contributed by atoms with E-state index in [9.17, 15) is 0 Å². The minimum Gasteiger partial charge on any atom is -0.376 e. The molecule has 2 aliphatic rings. The second kappa shape index (κ2) is 8.03. The normalized spacial score (nSPS) is 31.7. The highest BCUT2D eigenvalue weighted by Gasteiger charge is 2.20. The molecule has 2 heteroatoms. The highest BCUT2D eigenvalue weighted by molar-refractivity contribution is 5.32. The van der Waals surface area contributed by atoms with Crippen molar-refractivity contribution in [2.45, 2.75) is 13.8 Å². The molecule has 0 amide bonds. The first-order chi connectivity index (χ1) is 9.79. The SMILES string of the molecule is C/C=C/C=C/COCC1=C/[C@H](C)C=C[C@@H]2COC\C2=C\1. The van der Waals surface area contributed by atoms with Gasteiger partial charge in [-0.25, -0.2) is 0 Å². The average molecular weight is 272 g/mol. The summed E-state index contributed by atoms with van der Waals surface area (Å²) in [5.74, 6) is 0.904. The van der Waals surface area contributed by atoms with Crippen molar-refractivity contribution in [3.05, 3.63) is 59.8 Å². The smallest absolute Gasteiger partial charge is 0.0718 e. The lowest BCUT2D eigenvalue weighted by atomic mass is 9.94. The molecule has 20 heavy (non-hydrogen) atoms. The summed E-state index contributed by atoms with van der Waals surface area (Å²) in [4.78, 5) is 0. The molecule has 0 aromatic carbocycles. The van der Waals surface area contributed by atoms with Crippen LogP contribution in [0, 0.1) is 11.8 Å². The zero-order chi connectivity index (χ0) is 14.2. The van der Waals surface area contributed by atoms with E-state index >= 15 is 0 Å². The van der Waals surface area contributed by atoms with Gasteiger partial charge in [-0.2, -0.15) is 0 Å². The van der Waals surface area contributed by atoms with E-state index < -0.39 is 0 Å². The van der Waals surface area contributed by atoms with E-state index in [0.29, 0.717) is 25.0 Å². The maximum atomic E-state index is 5.71. The Bertz CT molecular complexity index is 452. The lowest BCUT2D eigenvalue weighted by molar-refractivity contribution is 0.188. The molecule has 0 bridgehead atoms. The first-order valence-electron chi connectivity index (χ1n) is 7.32. The fourth-order valence-corrected chi connectivity index (χ4v) is 2.41. The zero-order valence-electron chi connectivity index (χ0n) is 12.4. The van der Waals surface area contributed by atoms with Gasteiger partial charge in [0.2, 0.25) is 0 Å². The van der Waals surface area contributed by atoms with Gasteiger partial charge in [-0.1, -0.05) is 55.5 Å². The highest BCUT2D eigenvalue weighted by atomic mass is 16.5. The molecule has 0 aromatic rings. The summed E-state index contributed by atoms with van der Waals surface area (Å²) < 4.78 is 11.3. The minimum absolute atomic E-state index is 0.450. The third-order valence-electron chi connectivity index (χ3n) is 3.46. The van der Waals surface area contributed by atoms with Gasteiger partial charge >= 0.3 is 0 Å². The molecule has 1 fully saturated rings. The van der Waals surface area contributed by atoms with Crippen molar-refractivity contribution in [1.29, 1.82) is 0 Å². The van der Waals surface area contributed by atoms with Crippen molar-refractivity contribution in [2.24, 2.45) is 11.8 Å². The van der Waals surface area contributed by atoms with E-state index in [1.54, 1.807) is 0 Å². The molecule has 2 atom stereocenters. The second-order valence-corrected chi connectivity index (χ2v) is 5.30. The number of hydrogen-bond acceptors (Lipinski definition) is 2. The van der Waals surface area contributed by atoms with Crippen molar-refractivity contribution in [1.82, 2.24) is 0 Å². The molecule has 2 nitrogen and oxygen atoms in total. The molecule has 0 saturated carbocycles. The summed E-state index contributed by atoms with van der Waals surface area (Å²) in [5.41, 5.74) is 2.62. The van der Waals surface area contributed by atoms with Gasteiger partial charge in [-0.3, -0.25) is 0 Å². The Kier molecular flexibility index (Phi) is 6.03. The predicted molar refractivity (Wildman–Crippen MR) is 83.6 cm³/mol. The molecule has 0 N–H and O–H groups in total. The van der Waals surface area contributed by atoms with Gasteiger partial charge in [0.1, 0.15) is 0 Å². The molecular weight excluding hydrogens is 248 g/mol. The maximum absolute atomic E-state index is 5.71. The quantitative estimate of drug-likeness (QED) is 0.430. The Morgan fingerprint density at radius 1 is 1.35 bits per heavy atom. The van der Waals surface area contributed by atoms with Gasteiger partial charge in [0.25, 0.3) is 0 Å². The molecule has 1 saturated heterocycles. The number of ether oxygens (including phenoxy) is 2. The molecule has 1 heterocycles. The first-order valence-corrected chi connectivity index (χ1v) is 7.32. The molecule has 1 aliphatic heterocycles. The number of rotatable bonds is 5. The Morgan fingerprint density at radius 2 is 2.25 bits per heavy atom. The molecular formula is C18H24O2.